The van der Waals surface area contributed by atoms with Gasteiger partial charge in [-0.2, -0.15) is 0 Å². The molecular formula is C5H8ClN3. The van der Waals surface area contributed by atoms with E-state index in [-0.39, 0.29) is 0 Å². The summed E-state index contributed by atoms with van der Waals surface area (Å²) >= 11 is 5.41. The number of alkyl halides is 1. The van der Waals surface area contributed by atoms with Gasteiger partial charge in [-0.15, -0.1) is 11.6 Å². The van der Waals surface area contributed by atoms with Crippen molar-refractivity contribution >= 4 is 17.5 Å². The van der Waals surface area contributed by atoms with Crippen LogP contribution < -0.4 is 5.32 Å². The van der Waals surface area contributed by atoms with Crippen LogP contribution in [0.5, 0.6) is 0 Å². The van der Waals surface area contributed by atoms with E-state index in [0.717, 1.165) is 12.5 Å². The number of aromatic nitrogens is 2. The second-order valence-corrected chi connectivity index (χ2v) is 1.93. The number of anilines is 1. The van der Waals surface area contributed by atoms with Gasteiger partial charge in [0, 0.05) is 24.8 Å². The normalized spacial score (nSPS) is 9.44. The van der Waals surface area contributed by atoms with Crippen LogP contribution in [-0.4, -0.2) is 22.4 Å². The van der Waals surface area contributed by atoms with Gasteiger partial charge in [0.05, 0.1) is 0 Å². The number of halogens is 1. The van der Waals surface area contributed by atoms with Crippen LogP contribution in [0.4, 0.5) is 5.95 Å². The number of hydrogen-bond acceptors (Lipinski definition) is 2. The van der Waals surface area contributed by atoms with Crippen molar-refractivity contribution in [1.82, 2.24) is 9.97 Å². The van der Waals surface area contributed by atoms with E-state index in [1.54, 1.807) is 12.4 Å². The minimum atomic E-state index is 0.598. The fourth-order valence-corrected chi connectivity index (χ4v) is 0.622. The summed E-state index contributed by atoms with van der Waals surface area (Å²) in [6, 6.07) is 0. The highest BCUT2D eigenvalue weighted by Crippen LogP contribution is 1.92. The molecule has 1 aromatic heterocycles. The third-order valence-electron chi connectivity index (χ3n) is 0.885. The van der Waals surface area contributed by atoms with Gasteiger partial charge in [0.2, 0.25) is 0 Å². The Bertz CT molecular complexity index is 149. The van der Waals surface area contributed by atoms with Gasteiger partial charge in [-0.25, -0.2) is 4.98 Å². The van der Waals surface area contributed by atoms with Gasteiger partial charge in [0.1, 0.15) is 0 Å². The lowest BCUT2D eigenvalue weighted by atomic mass is 10.7. The van der Waals surface area contributed by atoms with Gasteiger partial charge in [-0.3, -0.25) is 0 Å². The Morgan fingerprint density at radius 2 is 2.67 bits per heavy atom. The Labute approximate surface area is 58.4 Å². The summed E-state index contributed by atoms with van der Waals surface area (Å²) in [5, 5.41) is 2.98. The fraction of sp³-hybridized carbons (Fsp3) is 0.400. The van der Waals surface area contributed by atoms with Crippen LogP contribution in [0.15, 0.2) is 12.4 Å². The molecule has 0 saturated heterocycles. The Balaban J connectivity index is 2.30. The number of rotatable bonds is 3. The molecule has 1 aromatic rings. The van der Waals surface area contributed by atoms with Crippen LogP contribution in [0.2, 0.25) is 0 Å². The van der Waals surface area contributed by atoms with Crippen molar-refractivity contribution in [3.8, 4) is 0 Å². The Morgan fingerprint density at radius 1 is 1.78 bits per heavy atom. The number of nitrogens with one attached hydrogen (secondary N) is 2. The van der Waals surface area contributed by atoms with E-state index in [1.807, 2.05) is 0 Å². The Kier molecular flexibility index (Phi) is 2.39. The quantitative estimate of drug-likeness (QED) is 0.625. The van der Waals surface area contributed by atoms with E-state index >= 15 is 0 Å². The van der Waals surface area contributed by atoms with E-state index in [0.29, 0.717) is 5.88 Å². The number of hydrogen-bond donors (Lipinski definition) is 2. The maximum absolute atomic E-state index is 5.41. The second-order valence-electron chi connectivity index (χ2n) is 1.55. The first-order valence-corrected chi connectivity index (χ1v) is 3.26. The van der Waals surface area contributed by atoms with Gasteiger partial charge in [0.15, 0.2) is 5.95 Å². The van der Waals surface area contributed by atoms with E-state index in [2.05, 4.69) is 15.3 Å². The average Bonchev–Trinajstić information content (AvgIpc) is 2.34. The second kappa shape index (κ2) is 3.35. The Hall–Kier alpha value is -0.700. The molecule has 0 saturated carbocycles. The minimum absolute atomic E-state index is 0.598. The van der Waals surface area contributed by atoms with E-state index < -0.39 is 0 Å². The van der Waals surface area contributed by atoms with Crippen LogP contribution in [0.25, 0.3) is 0 Å². The van der Waals surface area contributed by atoms with E-state index in [1.165, 1.54) is 0 Å². The molecule has 0 aromatic carbocycles. The molecule has 0 aliphatic carbocycles. The molecule has 0 amide bonds. The highest BCUT2D eigenvalue weighted by molar-refractivity contribution is 6.18. The molecule has 4 heteroatoms. The number of H-pyrrole nitrogens is 1. The number of aromatic amines is 1. The van der Waals surface area contributed by atoms with E-state index in [4.69, 9.17) is 11.6 Å². The molecule has 0 aliphatic heterocycles. The zero-order valence-corrected chi connectivity index (χ0v) is 5.65. The zero-order chi connectivity index (χ0) is 6.53. The monoisotopic (exact) mass is 145 g/mol. The first-order valence-electron chi connectivity index (χ1n) is 2.72. The molecule has 1 heterocycles. The highest BCUT2D eigenvalue weighted by Gasteiger charge is 1.87. The highest BCUT2D eigenvalue weighted by atomic mass is 35.5. The molecule has 50 valence electrons. The molecule has 9 heavy (non-hydrogen) atoms. The first kappa shape index (κ1) is 6.42. The predicted octanol–water partition coefficient (Wildman–Crippen LogP) is 1.06. The molecule has 0 radical (unpaired) electrons. The Morgan fingerprint density at radius 3 is 3.22 bits per heavy atom. The lowest BCUT2D eigenvalue weighted by Gasteiger charge is -1.95. The maximum Gasteiger partial charge on any atom is 0.200 e. The molecule has 0 fully saturated rings. The zero-order valence-electron chi connectivity index (χ0n) is 4.89. The summed E-state index contributed by atoms with van der Waals surface area (Å²) in [7, 11) is 0. The minimum Gasteiger partial charge on any atom is -0.355 e. The molecule has 0 unspecified atom stereocenters. The standard InChI is InChI=1S/C5H8ClN3/c6-1-2-7-5-8-3-4-9-5/h3-4H,1-2H2,(H2,7,8,9). The first-order chi connectivity index (χ1) is 4.43. The topological polar surface area (TPSA) is 40.7 Å². The van der Waals surface area contributed by atoms with Gasteiger partial charge in [-0.05, 0) is 0 Å². The summed E-state index contributed by atoms with van der Waals surface area (Å²) in [5.41, 5.74) is 0. The van der Waals surface area contributed by atoms with Crippen LogP contribution in [0.3, 0.4) is 0 Å². The molecule has 0 atom stereocenters. The van der Waals surface area contributed by atoms with Crippen molar-refractivity contribution < 1.29 is 0 Å². The summed E-state index contributed by atoms with van der Waals surface area (Å²) in [6.45, 7) is 0.745. The van der Waals surface area contributed by atoms with Crippen LogP contribution >= 0.6 is 11.6 Å². The summed E-state index contributed by atoms with van der Waals surface area (Å²) in [6.07, 6.45) is 3.45. The third-order valence-corrected chi connectivity index (χ3v) is 1.07. The largest absolute Gasteiger partial charge is 0.355 e. The average molecular weight is 146 g/mol. The summed E-state index contributed by atoms with van der Waals surface area (Å²) in [4.78, 5) is 6.82. The third kappa shape index (κ3) is 1.93. The van der Waals surface area contributed by atoms with E-state index in [9.17, 15) is 0 Å². The van der Waals surface area contributed by atoms with Gasteiger partial charge >= 0.3 is 0 Å². The van der Waals surface area contributed by atoms with Gasteiger partial charge in [0.25, 0.3) is 0 Å². The number of imidazole rings is 1. The summed E-state index contributed by atoms with van der Waals surface area (Å²) in [5.74, 6) is 1.37. The van der Waals surface area contributed by atoms with Crippen molar-refractivity contribution in [2.75, 3.05) is 17.7 Å². The predicted molar refractivity (Wildman–Crippen MR) is 37.8 cm³/mol. The molecule has 1 rings (SSSR count). The smallest absolute Gasteiger partial charge is 0.200 e. The lowest BCUT2D eigenvalue weighted by molar-refractivity contribution is 1.14. The molecule has 0 spiro atoms. The van der Waals surface area contributed by atoms with Crippen molar-refractivity contribution in [2.45, 2.75) is 0 Å². The van der Waals surface area contributed by atoms with Gasteiger partial charge < -0.3 is 10.3 Å². The molecule has 0 aliphatic rings. The van der Waals surface area contributed by atoms with Crippen LogP contribution in [-0.2, 0) is 0 Å². The van der Waals surface area contributed by atoms with Gasteiger partial charge in [-0.1, -0.05) is 0 Å². The molecule has 0 bridgehead atoms. The fourth-order valence-electron chi connectivity index (χ4n) is 0.528. The van der Waals surface area contributed by atoms with Crippen molar-refractivity contribution in [2.24, 2.45) is 0 Å². The molecular weight excluding hydrogens is 138 g/mol. The summed E-state index contributed by atoms with van der Waals surface area (Å²) < 4.78 is 0. The van der Waals surface area contributed by atoms with Crippen LogP contribution in [0.1, 0.15) is 0 Å². The van der Waals surface area contributed by atoms with Crippen molar-refractivity contribution in [3.63, 3.8) is 0 Å². The SMILES string of the molecule is ClCCNc1ncc[nH]1. The van der Waals surface area contributed by atoms with Crippen molar-refractivity contribution in [3.05, 3.63) is 12.4 Å². The van der Waals surface area contributed by atoms with Crippen LogP contribution in [0, 0.1) is 0 Å². The molecule has 2 N–H and O–H groups in total. The maximum atomic E-state index is 5.41. The lowest BCUT2D eigenvalue weighted by Crippen LogP contribution is -2.03. The number of nitrogens with zero attached hydrogens (tertiary/aromatic N) is 1. The molecule has 3 nitrogen and oxygen atoms in total. The van der Waals surface area contributed by atoms with Crippen molar-refractivity contribution in [1.29, 1.82) is 0 Å².